The number of amides is 1. The molecule has 8 heteroatoms. The lowest BCUT2D eigenvalue weighted by Crippen LogP contribution is -2.40. The largest absolute Gasteiger partial charge is 0.497 e. The molecule has 0 radical (unpaired) electrons. The van der Waals surface area contributed by atoms with Crippen LogP contribution >= 0.6 is 0 Å². The molecule has 7 nitrogen and oxygen atoms in total. The first-order valence-corrected chi connectivity index (χ1v) is 11.1. The normalized spacial score (nSPS) is 11.7. The number of nitrogens with zero attached hydrogens (tertiary/aromatic N) is 1. The highest BCUT2D eigenvalue weighted by molar-refractivity contribution is 7.89. The monoisotopic (exact) mass is 439 g/mol. The molecule has 0 saturated heterocycles. The van der Waals surface area contributed by atoms with Crippen LogP contribution in [0, 0.1) is 0 Å². The molecule has 1 heterocycles. The smallest absolute Gasteiger partial charge is 0.274 e. The van der Waals surface area contributed by atoms with Crippen molar-refractivity contribution < 1.29 is 17.9 Å². The Kier molecular flexibility index (Phi) is 6.42. The van der Waals surface area contributed by atoms with Gasteiger partial charge in [0.1, 0.15) is 11.4 Å². The zero-order valence-corrected chi connectivity index (χ0v) is 18.7. The molecule has 0 unspecified atom stereocenters. The number of rotatable bonds is 6. The van der Waals surface area contributed by atoms with Crippen molar-refractivity contribution in [1.82, 2.24) is 9.71 Å². The molecule has 0 aliphatic rings. The molecule has 1 amide bonds. The standard InChI is InChI=1S/C23H25N3O4S/c1-23(2,3)26-31(28,29)21-8-6-5-7-19(21)16-13-14-24-20(15-16)22(27)25-17-9-11-18(30-4)12-10-17/h5-15,26H,1-4H3,(H,25,27). The highest BCUT2D eigenvalue weighted by Crippen LogP contribution is 2.28. The number of carbonyl (C=O) groups is 1. The predicted molar refractivity (Wildman–Crippen MR) is 121 cm³/mol. The highest BCUT2D eigenvalue weighted by Gasteiger charge is 2.25. The number of methoxy groups -OCH3 is 1. The molecule has 2 N–H and O–H groups in total. The lowest BCUT2D eigenvalue weighted by molar-refractivity contribution is 0.102. The summed E-state index contributed by atoms with van der Waals surface area (Å²) >= 11 is 0. The maximum atomic E-state index is 12.9. The lowest BCUT2D eigenvalue weighted by atomic mass is 10.1. The Labute approximate surface area is 182 Å². The van der Waals surface area contributed by atoms with Crippen molar-refractivity contribution in [2.24, 2.45) is 0 Å². The molecular formula is C23H25N3O4S. The van der Waals surface area contributed by atoms with E-state index in [0.717, 1.165) is 0 Å². The molecule has 0 fully saturated rings. The third kappa shape index (κ3) is 5.68. The first-order chi connectivity index (χ1) is 14.6. The fourth-order valence-corrected chi connectivity index (χ4v) is 4.64. The van der Waals surface area contributed by atoms with Gasteiger partial charge in [0.2, 0.25) is 10.0 Å². The number of hydrogen-bond acceptors (Lipinski definition) is 5. The molecule has 0 atom stereocenters. The van der Waals surface area contributed by atoms with Crippen molar-refractivity contribution in [1.29, 1.82) is 0 Å². The number of anilines is 1. The van der Waals surface area contributed by atoms with Crippen molar-refractivity contribution in [3.63, 3.8) is 0 Å². The van der Waals surface area contributed by atoms with Gasteiger partial charge in [-0.05, 0) is 68.8 Å². The summed E-state index contributed by atoms with van der Waals surface area (Å²) in [5.74, 6) is 0.278. The third-order valence-electron chi connectivity index (χ3n) is 4.27. The molecule has 2 aromatic carbocycles. The van der Waals surface area contributed by atoms with Gasteiger partial charge in [0.05, 0.1) is 12.0 Å². The predicted octanol–water partition coefficient (Wildman–Crippen LogP) is 4.09. The van der Waals surface area contributed by atoms with Gasteiger partial charge in [-0.25, -0.2) is 13.1 Å². The van der Waals surface area contributed by atoms with Crippen molar-refractivity contribution in [2.45, 2.75) is 31.2 Å². The van der Waals surface area contributed by atoms with Gasteiger partial charge in [-0.3, -0.25) is 9.78 Å². The Bertz CT molecular complexity index is 1180. The molecule has 0 saturated carbocycles. The van der Waals surface area contributed by atoms with Gasteiger partial charge in [0, 0.05) is 23.0 Å². The maximum absolute atomic E-state index is 12.9. The molecule has 3 rings (SSSR count). The van der Waals surface area contributed by atoms with Crippen molar-refractivity contribution in [3.8, 4) is 16.9 Å². The second kappa shape index (κ2) is 8.87. The van der Waals surface area contributed by atoms with Gasteiger partial charge in [0.25, 0.3) is 5.91 Å². The number of aromatic nitrogens is 1. The summed E-state index contributed by atoms with van der Waals surface area (Å²) in [6.45, 7) is 5.34. The van der Waals surface area contributed by atoms with Crippen molar-refractivity contribution >= 4 is 21.6 Å². The molecule has 0 aliphatic carbocycles. The molecule has 0 spiro atoms. The topological polar surface area (TPSA) is 97.4 Å². The van der Waals surface area contributed by atoms with E-state index in [4.69, 9.17) is 4.74 Å². The van der Waals surface area contributed by atoms with E-state index in [1.165, 1.54) is 6.20 Å². The SMILES string of the molecule is COc1ccc(NC(=O)c2cc(-c3ccccc3S(=O)(=O)NC(C)(C)C)ccn2)cc1. The van der Waals surface area contributed by atoms with Gasteiger partial charge in [0.15, 0.2) is 0 Å². The Morgan fingerprint density at radius 2 is 1.68 bits per heavy atom. The van der Waals surface area contributed by atoms with Crippen LogP contribution in [0.25, 0.3) is 11.1 Å². The molecule has 162 valence electrons. The molecule has 3 aromatic rings. The molecule has 0 bridgehead atoms. The average molecular weight is 440 g/mol. The van der Waals surface area contributed by atoms with Gasteiger partial charge < -0.3 is 10.1 Å². The Balaban J connectivity index is 1.92. The van der Waals surface area contributed by atoms with Gasteiger partial charge >= 0.3 is 0 Å². The van der Waals surface area contributed by atoms with E-state index in [1.54, 1.807) is 88.5 Å². The quantitative estimate of drug-likeness (QED) is 0.603. The van der Waals surface area contributed by atoms with Crippen molar-refractivity contribution in [3.05, 3.63) is 72.6 Å². The number of ether oxygens (including phenoxy) is 1. The van der Waals surface area contributed by atoms with E-state index in [-0.39, 0.29) is 10.6 Å². The second-order valence-corrected chi connectivity index (χ2v) is 9.61. The van der Waals surface area contributed by atoms with Crippen molar-refractivity contribution in [2.75, 3.05) is 12.4 Å². The van der Waals surface area contributed by atoms with Gasteiger partial charge in [-0.15, -0.1) is 0 Å². The van der Waals surface area contributed by atoms with E-state index < -0.39 is 21.5 Å². The van der Waals surface area contributed by atoms with Gasteiger partial charge in [-0.1, -0.05) is 18.2 Å². The van der Waals surface area contributed by atoms with Gasteiger partial charge in [-0.2, -0.15) is 0 Å². The number of carbonyl (C=O) groups excluding carboxylic acids is 1. The summed E-state index contributed by atoms with van der Waals surface area (Å²) in [6.07, 6.45) is 1.48. The van der Waals surface area contributed by atoms with Crippen LogP contribution in [0.15, 0.2) is 71.8 Å². The summed E-state index contributed by atoms with van der Waals surface area (Å²) in [4.78, 5) is 17.0. The minimum atomic E-state index is -3.77. The summed E-state index contributed by atoms with van der Waals surface area (Å²) in [7, 11) is -2.20. The number of pyridine rings is 1. The minimum absolute atomic E-state index is 0.137. The molecule has 0 aliphatic heterocycles. The van der Waals surface area contributed by atoms with Crippen LogP contribution in [-0.2, 0) is 10.0 Å². The first-order valence-electron chi connectivity index (χ1n) is 9.64. The Morgan fingerprint density at radius 1 is 1.00 bits per heavy atom. The van der Waals surface area contributed by atoms with E-state index in [0.29, 0.717) is 22.6 Å². The highest BCUT2D eigenvalue weighted by atomic mass is 32.2. The lowest BCUT2D eigenvalue weighted by Gasteiger charge is -2.21. The summed E-state index contributed by atoms with van der Waals surface area (Å²) in [6, 6.07) is 16.8. The average Bonchev–Trinajstić information content (AvgIpc) is 2.73. The van der Waals surface area contributed by atoms with Crippen LogP contribution in [0.5, 0.6) is 5.75 Å². The van der Waals surface area contributed by atoms with Crippen LogP contribution in [0.4, 0.5) is 5.69 Å². The third-order valence-corrected chi connectivity index (χ3v) is 6.08. The zero-order valence-electron chi connectivity index (χ0n) is 17.8. The summed E-state index contributed by atoms with van der Waals surface area (Å²) in [5.41, 5.74) is 1.19. The van der Waals surface area contributed by atoms with E-state index in [2.05, 4.69) is 15.0 Å². The second-order valence-electron chi connectivity index (χ2n) is 7.96. The summed E-state index contributed by atoms with van der Waals surface area (Å²) in [5, 5.41) is 2.78. The minimum Gasteiger partial charge on any atom is -0.497 e. The zero-order chi connectivity index (χ0) is 22.6. The van der Waals surface area contributed by atoms with Crippen LogP contribution in [0.1, 0.15) is 31.3 Å². The van der Waals surface area contributed by atoms with E-state index >= 15 is 0 Å². The Morgan fingerprint density at radius 3 is 2.32 bits per heavy atom. The van der Waals surface area contributed by atoms with Crippen LogP contribution in [0.3, 0.4) is 0 Å². The first kappa shape index (κ1) is 22.5. The number of nitrogens with one attached hydrogen (secondary N) is 2. The van der Waals surface area contributed by atoms with E-state index in [9.17, 15) is 13.2 Å². The maximum Gasteiger partial charge on any atom is 0.274 e. The fraction of sp³-hybridized carbons (Fsp3) is 0.217. The van der Waals surface area contributed by atoms with Crippen LogP contribution in [-0.4, -0.2) is 32.0 Å². The number of sulfonamides is 1. The number of benzene rings is 2. The summed E-state index contributed by atoms with van der Waals surface area (Å²) < 4.78 is 33.7. The van der Waals surface area contributed by atoms with E-state index in [1.807, 2.05) is 0 Å². The van der Waals surface area contributed by atoms with Crippen LogP contribution < -0.4 is 14.8 Å². The fourth-order valence-electron chi connectivity index (χ4n) is 2.99. The molecular weight excluding hydrogens is 414 g/mol. The molecule has 31 heavy (non-hydrogen) atoms. The molecule has 1 aromatic heterocycles. The van der Waals surface area contributed by atoms with Crippen LogP contribution in [0.2, 0.25) is 0 Å². The number of hydrogen-bond donors (Lipinski definition) is 2. The Hall–Kier alpha value is -3.23.